The molecule has 98 valence electrons. The van der Waals surface area contributed by atoms with E-state index in [-0.39, 0.29) is 4.90 Å². The van der Waals surface area contributed by atoms with E-state index in [9.17, 15) is 13.0 Å². The molecule has 0 unspecified atom stereocenters. The molecule has 0 radical (unpaired) electrons. The fraction of sp³-hybridized carbons (Fsp3) is 0.143. The van der Waals surface area contributed by atoms with E-state index < -0.39 is 10.1 Å². The molecule has 0 saturated carbocycles. The van der Waals surface area contributed by atoms with Crippen molar-refractivity contribution >= 4 is 10.1 Å². The second kappa shape index (κ2) is 4.08. The van der Waals surface area contributed by atoms with Crippen molar-refractivity contribution in [3.8, 4) is 11.5 Å². The zero-order valence-electron chi connectivity index (χ0n) is 10.3. The lowest BCUT2D eigenvalue weighted by atomic mass is 9.99. The van der Waals surface area contributed by atoms with Crippen LogP contribution in [0.3, 0.4) is 0 Å². The van der Waals surface area contributed by atoms with Gasteiger partial charge in [0, 0.05) is 12.0 Å². The maximum Gasteiger partial charge on any atom is 0.295 e. The molecule has 0 aromatic heterocycles. The van der Waals surface area contributed by atoms with Crippen molar-refractivity contribution in [1.29, 1.82) is 0 Å². The summed E-state index contributed by atoms with van der Waals surface area (Å²) in [6.07, 6.45) is 0.433. The molecular formula is C14H12O4S. The van der Waals surface area contributed by atoms with Gasteiger partial charge < -0.3 is 4.74 Å². The number of aryl methyl sites for hydroxylation is 1. The molecule has 2 aromatic carbocycles. The number of fused-ring (bicyclic) bond motifs is 2. The van der Waals surface area contributed by atoms with Crippen molar-refractivity contribution in [2.75, 3.05) is 0 Å². The second-order valence-corrected chi connectivity index (χ2v) is 5.91. The van der Waals surface area contributed by atoms with Crippen molar-refractivity contribution in [3.05, 3.63) is 53.1 Å². The summed E-state index contributed by atoms with van der Waals surface area (Å²) in [5.41, 5.74) is 1.94. The van der Waals surface area contributed by atoms with Crippen LogP contribution in [0.5, 0.6) is 11.5 Å². The van der Waals surface area contributed by atoms with Crippen molar-refractivity contribution in [1.82, 2.24) is 0 Å². The maximum atomic E-state index is 11.5. The molecule has 1 aliphatic heterocycles. The fourth-order valence-corrected chi connectivity index (χ4v) is 3.37. The first kappa shape index (κ1) is 12.2. The summed E-state index contributed by atoms with van der Waals surface area (Å²) < 4.78 is 38.2. The van der Waals surface area contributed by atoms with Gasteiger partial charge in [-0.2, -0.15) is 8.42 Å². The Morgan fingerprint density at radius 3 is 2.58 bits per heavy atom. The molecule has 19 heavy (non-hydrogen) atoms. The molecule has 0 saturated heterocycles. The van der Waals surface area contributed by atoms with E-state index in [1.54, 1.807) is 19.1 Å². The van der Waals surface area contributed by atoms with Crippen LogP contribution < -0.4 is 4.74 Å². The molecule has 0 bridgehead atoms. The third kappa shape index (κ3) is 2.01. The van der Waals surface area contributed by atoms with Gasteiger partial charge in [0.2, 0.25) is 0 Å². The second-order valence-electron chi connectivity index (χ2n) is 4.55. The van der Waals surface area contributed by atoms with Gasteiger partial charge in [-0.05, 0) is 30.2 Å². The highest BCUT2D eigenvalue weighted by molar-refractivity contribution is 7.86. The minimum atomic E-state index is -4.26. The molecule has 1 N–H and O–H groups in total. The summed E-state index contributed by atoms with van der Waals surface area (Å²) in [5.74, 6) is 1.21. The van der Waals surface area contributed by atoms with Gasteiger partial charge in [0.05, 0.1) is 0 Å². The zero-order chi connectivity index (χ0) is 13.6. The van der Waals surface area contributed by atoms with Crippen molar-refractivity contribution in [2.24, 2.45) is 0 Å². The first-order valence-corrected chi connectivity index (χ1v) is 7.26. The first-order chi connectivity index (χ1) is 8.97. The summed E-state index contributed by atoms with van der Waals surface area (Å²) in [4.78, 5) is -0.0421. The van der Waals surface area contributed by atoms with Crippen LogP contribution in [0.15, 0.2) is 41.3 Å². The Hall–Kier alpha value is -1.85. The Kier molecular flexibility index (Phi) is 2.62. The predicted molar refractivity (Wildman–Crippen MR) is 70.3 cm³/mol. The normalized spacial score (nSPS) is 13.4. The van der Waals surface area contributed by atoms with E-state index >= 15 is 0 Å². The average Bonchev–Trinajstić information content (AvgIpc) is 2.34. The van der Waals surface area contributed by atoms with Crippen LogP contribution in [-0.2, 0) is 16.5 Å². The molecule has 4 nitrogen and oxygen atoms in total. The van der Waals surface area contributed by atoms with Crippen LogP contribution in [0.1, 0.15) is 16.7 Å². The SMILES string of the molecule is Cc1ccc2c(c1S(=O)(=O)O)Cc1ccccc1O2. The lowest BCUT2D eigenvalue weighted by molar-refractivity contribution is 0.450. The molecule has 1 aliphatic rings. The minimum Gasteiger partial charge on any atom is -0.457 e. The Morgan fingerprint density at radius 1 is 1.11 bits per heavy atom. The smallest absolute Gasteiger partial charge is 0.295 e. The standard InChI is InChI=1S/C14H12O4S/c1-9-6-7-13-11(14(9)19(15,16)17)8-10-4-2-3-5-12(10)18-13/h2-7H,8H2,1H3,(H,15,16,17). The molecule has 0 fully saturated rings. The summed E-state index contributed by atoms with van der Waals surface area (Å²) in [6, 6.07) is 10.8. The van der Waals surface area contributed by atoms with Crippen LogP contribution in [0.4, 0.5) is 0 Å². The zero-order valence-corrected chi connectivity index (χ0v) is 11.1. The highest BCUT2D eigenvalue weighted by Gasteiger charge is 2.26. The van der Waals surface area contributed by atoms with E-state index in [0.29, 0.717) is 23.3 Å². The third-order valence-corrected chi connectivity index (χ3v) is 4.32. The lowest BCUT2D eigenvalue weighted by Gasteiger charge is -2.22. The highest BCUT2D eigenvalue weighted by Crippen LogP contribution is 2.40. The van der Waals surface area contributed by atoms with E-state index in [1.807, 2.05) is 24.3 Å². The van der Waals surface area contributed by atoms with Crippen molar-refractivity contribution in [2.45, 2.75) is 18.2 Å². The number of ether oxygens (including phenoxy) is 1. The van der Waals surface area contributed by atoms with Crippen LogP contribution in [0, 0.1) is 6.92 Å². The topological polar surface area (TPSA) is 63.6 Å². The van der Waals surface area contributed by atoms with Crippen LogP contribution >= 0.6 is 0 Å². The third-order valence-electron chi connectivity index (χ3n) is 3.23. The molecule has 0 amide bonds. The van der Waals surface area contributed by atoms with Gasteiger partial charge in [-0.25, -0.2) is 0 Å². The molecule has 1 heterocycles. The molecule has 5 heteroatoms. The van der Waals surface area contributed by atoms with Gasteiger partial charge in [0.1, 0.15) is 16.4 Å². The molecule has 2 aromatic rings. The maximum absolute atomic E-state index is 11.5. The molecule has 3 rings (SSSR count). The van der Waals surface area contributed by atoms with E-state index in [1.165, 1.54) is 0 Å². The molecular weight excluding hydrogens is 264 g/mol. The summed E-state index contributed by atoms with van der Waals surface area (Å²) in [5, 5.41) is 0. The number of rotatable bonds is 1. The summed E-state index contributed by atoms with van der Waals surface area (Å²) >= 11 is 0. The Bertz CT molecular complexity index is 763. The lowest BCUT2D eigenvalue weighted by Crippen LogP contribution is -2.11. The van der Waals surface area contributed by atoms with Crippen LogP contribution in [0.2, 0.25) is 0 Å². The van der Waals surface area contributed by atoms with Gasteiger partial charge in [-0.3, -0.25) is 4.55 Å². The minimum absolute atomic E-state index is 0.0421. The Balaban J connectivity index is 2.24. The van der Waals surface area contributed by atoms with E-state index in [4.69, 9.17) is 4.74 Å². The number of hydrogen-bond acceptors (Lipinski definition) is 3. The van der Waals surface area contributed by atoms with E-state index in [2.05, 4.69) is 0 Å². The quantitative estimate of drug-likeness (QED) is 0.694. The van der Waals surface area contributed by atoms with Crippen LogP contribution in [-0.4, -0.2) is 13.0 Å². The molecule has 0 aliphatic carbocycles. The molecule has 0 spiro atoms. The summed E-state index contributed by atoms with van der Waals surface area (Å²) in [7, 11) is -4.26. The van der Waals surface area contributed by atoms with E-state index in [0.717, 1.165) is 11.3 Å². The number of para-hydroxylation sites is 1. The first-order valence-electron chi connectivity index (χ1n) is 5.82. The Labute approximate surface area is 111 Å². The van der Waals surface area contributed by atoms with Gasteiger partial charge in [-0.15, -0.1) is 0 Å². The predicted octanol–water partition coefficient (Wildman–Crippen LogP) is 2.94. The van der Waals surface area contributed by atoms with Crippen molar-refractivity contribution < 1.29 is 17.7 Å². The highest BCUT2D eigenvalue weighted by atomic mass is 32.2. The Morgan fingerprint density at radius 2 is 1.84 bits per heavy atom. The number of benzene rings is 2. The van der Waals surface area contributed by atoms with Gasteiger partial charge in [0.25, 0.3) is 10.1 Å². The fourth-order valence-electron chi connectivity index (χ4n) is 2.41. The van der Waals surface area contributed by atoms with Crippen LogP contribution in [0.25, 0.3) is 0 Å². The van der Waals surface area contributed by atoms with Crippen molar-refractivity contribution in [3.63, 3.8) is 0 Å². The molecule has 0 atom stereocenters. The number of hydrogen-bond donors (Lipinski definition) is 1. The average molecular weight is 276 g/mol. The summed E-state index contributed by atoms with van der Waals surface area (Å²) in [6.45, 7) is 1.66. The van der Waals surface area contributed by atoms with Gasteiger partial charge in [0.15, 0.2) is 0 Å². The largest absolute Gasteiger partial charge is 0.457 e. The van der Waals surface area contributed by atoms with Gasteiger partial charge >= 0.3 is 0 Å². The van der Waals surface area contributed by atoms with Gasteiger partial charge in [-0.1, -0.05) is 24.3 Å². The monoisotopic (exact) mass is 276 g/mol.